The first-order valence-corrected chi connectivity index (χ1v) is 8.72. The summed E-state index contributed by atoms with van der Waals surface area (Å²) < 4.78 is 1.89. The van der Waals surface area contributed by atoms with Crippen molar-refractivity contribution in [2.24, 2.45) is 0 Å². The van der Waals surface area contributed by atoms with Crippen LogP contribution >= 0.6 is 43.2 Å². The average molecular weight is 417 g/mol. The fourth-order valence-corrected chi connectivity index (χ4v) is 3.94. The number of nitrogens with zero attached hydrogens (tertiary/aromatic N) is 1. The molecule has 0 atom stereocenters. The highest BCUT2D eigenvalue weighted by Gasteiger charge is 2.15. The van der Waals surface area contributed by atoms with Gasteiger partial charge in [0.2, 0.25) is 0 Å². The second-order valence-electron chi connectivity index (χ2n) is 4.55. The molecule has 0 aliphatic carbocycles. The summed E-state index contributed by atoms with van der Waals surface area (Å²) >= 11 is 8.29. The smallest absolute Gasteiger partial charge is 0.263 e. The topological polar surface area (TPSA) is 20.3 Å². The molecule has 1 amide bonds. The van der Waals surface area contributed by atoms with Gasteiger partial charge < -0.3 is 4.90 Å². The lowest BCUT2D eigenvalue weighted by Gasteiger charge is -2.16. The van der Waals surface area contributed by atoms with E-state index in [0.29, 0.717) is 0 Å². The van der Waals surface area contributed by atoms with Crippen molar-refractivity contribution in [3.63, 3.8) is 0 Å². The van der Waals surface area contributed by atoms with E-state index in [1.54, 1.807) is 4.90 Å². The maximum Gasteiger partial charge on any atom is 0.263 e. The lowest BCUT2D eigenvalue weighted by molar-refractivity contribution is 0.0798. The molecule has 0 saturated carbocycles. The van der Waals surface area contributed by atoms with Crippen LogP contribution in [-0.4, -0.2) is 24.4 Å². The summed E-state index contributed by atoms with van der Waals surface area (Å²) in [5.74, 6) is 0.0782. The Morgan fingerprint density at radius 1 is 1.25 bits per heavy atom. The zero-order valence-corrected chi connectivity index (χ0v) is 15.1. The molecule has 106 valence electrons. The van der Waals surface area contributed by atoms with Crippen LogP contribution in [0.25, 0.3) is 0 Å². The van der Waals surface area contributed by atoms with Crippen LogP contribution in [0, 0.1) is 0 Å². The number of thiophene rings is 1. The zero-order valence-electron chi connectivity index (χ0n) is 11.1. The van der Waals surface area contributed by atoms with Crippen molar-refractivity contribution in [2.75, 3.05) is 13.6 Å². The second-order valence-corrected chi connectivity index (χ2v) is 7.77. The molecule has 0 spiro atoms. The van der Waals surface area contributed by atoms with Gasteiger partial charge in [-0.15, -0.1) is 11.3 Å². The van der Waals surface area contributed by atoms with E-state index in [2.05, 4.69) is 44.0 Å². The van der Waals surface area contributed by atoms with E-state index < -0.39 is 0 Å². The highest BCUT2D eigenvalue weighted by Crippen LogP contribution is 2.32. The van der Waals surface area contributed by atoms with E-state index in [1.165, 1.54) is 16.9 Å². The molecule has 2 rings (SSSR count). The van der Waals surface area contributed by atoms with E-state index in [4.69, 9.17) is 0 Å². The standard InChI is InChI=1S/C15H15Br2NOS/c1-18(9-5-8-11-6-3-2-4-7-11)15(19)13-10-12(16)14(17)20-13/h2-4,6-7,10H,5,8-9H2,1H3. The minimum atomic E-state index is 0.0782. The molecule has 2 nitrogen and oxygen atoms in total. The lowest BCUT2D eigenvalue weighted by Crippen LogP contribution is -2.27. The molecular weight excluding hydrogens is 402 g/mol. The van der Waals surface area contributed by atoms with Gasteiger partial charge in [0, 0.05) is 18.1 Å². The number of carbonyl (C=O) groups excluding carboxylic acids is 1. The molecule has 5 heteroatoms. The second kappa shape index (κ2) is 7.38. The van der Waals surface area contributed by atoms with Crippen LogP contribution in [-0.2, 0) is 6.42 Å². The van der Waals surface area contributed by atoms with E-state index in [0.717, 1.165) is 32.5 Å². The van der Waals surface area contributed by atoms with E-state index >= 15 is 0 Å². The predicted molar refractivity (Wildman–Crippen MR) is 91.4 cm³/mol. The van der Waals surface area contributed by atoms with Crippen LogP contribution in [0.1, 0.15) is 21.7 Å². The normalized spacial score (nSPS) is 10.6. The number of halogens is 2. The van der Waals surface area contributed by atoms with Gasteiger partial charge in [0.25, 0.3) is 5.91 Å². The van der Waals surface area contributed by atoms with Gasteiger partial charge in [-0.25, -0.2) is 0 Å². The van der Waals surface area contributed by atoms with Gasteiger partial charge in [0.05, 0.1) is 8.66 Å². The first kappa shape index (κ1) is 15.7. The quantitative estimate of drug-likeness (QED) is 0.673. The van der Waals surface area contributed by atoms with Gasteiger partial charge >= 0.3 is 0 Å². The third-order valence-electron chi connectivity index (χ3n) is 3.00. The predicted octanol–water partition coefficient (Wildman–Crippen LogP) is 4.98. The number of amides is 1. The summed E-state index contributed by atoms with van der Waals surface area (Å²) in [4.78, 5) is 14.8. The number of rotatable bonds is 5. The van der Waals surface area contributed by atoms with Gasteiger partial charge in [-0.1, -0.05) is 30.3 Å². The fraction of sp³-hybridized carbons (Fsp3) is 0.267. The minimum absolute atomic E-state index is 0.0782. The molecule has 2 aromatic rings. The van der Waals surface area contributed by atoms with Crippen molar-refractivity contribution in [1.82, 2.24) is 4.90 Å². The largest absolute Gasteiger partial charge is 0.341 e. The number of hydrogen-bond donors (Lipinski definition) is 0. The molecule has 1 heterocycles. The average Bonchev–Trinajstić information content (AvgIpc) is 2.79. The van der Waals surface area contributed by atoms with Crippen LogP contribution < -0.4 is 0 Å². The van der Waals surface area contributed by atoms with Crippen LogP contribution in [0.15, 0.2) is 44.7 Å². The van der Waals surface area contributed by atoms with Crippen molar-refractivity contribution in [2.45, 2.75) is 12.8 Å². The highest BCUT2D eigenvalue weighted by molar-refractivity contribution is 9.13. The molecule has 0 N–H and O–H groups in total. The molecule has 1 aromatic carbocycles. The molecular formula is C15H15Br2NOS. The van der Waals surface area contributed by atoms with Gasteiger partial charge in [-0.3, -0.25) is 4.79 Å². The van der Waals surface area contributed by atoms with Gasteiger partial charge in [0.15, 0.2) is 0 Å². The first-order valence-electron chi connectivity index (χ1n) is 6.32. The fourth-order valence-electron chi connectivity index (χ4n) is 1.91. The van der Waals surface area contributed by atoms with E-state index in [1.807, 2.05) is 31.3 Å². The number of benzene rings is 1. The first-order chi connectivity index (χ1) is 9.58. The number of aryl methyl sites for hydroxylation is 1. The van der Waals surface area contributed by atoms with Gasteiger partial charge in [0.1, 0.15) is 0 Å². The maximum absolute atomic E-state index is 12.2. The van der Waals surface area contributed by atoms with Crippen molar-refractivity contribution < 1.29 is 4.79 Å². The highest BCUT2D eigenvalue weighted by atomic mass is 79.9. The third kappa shape index (κ3) is 4.17. The molecule has 0 aliphatic rings. The summed E-state index contributed by atoms with van der Waals surface area (Å²) in [6.07, 6.45) is 1.97. The van der Waals surface area contributed by atoms with Crippen LogP contribution in [0.5, 0.6) is 0 Å². The van der Waals surface area contributed by atoms with E-state index in [9.17, 15) is 4.79 Å². The van der Waals surface area contributed by atoms with Gasteiger partial charge in [-0.2, -0.15) is 0 Å². The monoisotopic (exact) mass is 415 g/mol. The molecule has 20 heavy (non-hydrogen) atoms. The maximum atomic E-state index is 12.2. The lowest BCUT2D eigenvalue weighted by atomic mass is 10.1. The summed E-state index contributed by atoms with van der Waals surface area (Å²) in [5.41, 5.74) is 1.31. The Kier molecular flexibility index (Phi) is 5.81. The Balaban J connectivity index is 1.85. The zero-order chi connectivity index (χ0) is 14.5. The Bertz CT molecular complexity index is 563. The third-order valence-corrected chi connectivity index (χ3v) is 6.25. The molecule has 0 radical (unpaired) electrons. The van der Waals surface area contributed by atoms with Crippen molar-refractivity contribution >= 4 is 49.1 Å². The molecule has 1 aromatic heterocycles. The van der Waals surface area contributed by atoms with Crippen LogP contribution in [0.2, 0.25) is 0 Å². The molecule has 0 fully saturated rings. The molecule has 0 bridgehead atoms. The Hall–Kier alpha value is -0.650. The Labute approximate surface area is 140 Å². The molecule has 0 unspecified atom stereocenters. The van der Waals surface area contributed by atoms with Crippen molar-refractivity contribution in [1.29, 1.82) is 0 Å². The number of hydrogen-bond acceptors (Lipinski definition) is 2. The summed E-state index contributed by atoms with van der Waals surface area (Å²) in [6, 6.07) is 12.2. The van der Waals surface area contributed by atoms with Gasteiger partial charge in [-0.05, 0) is 56.3 Å². The SMILES string of the molecule is CN(CCCc1ccccc1)C(=O)c1cc(Br)c(Br)s1. The molecule has 0 aliphatic heterocycles. The Morgan fingerprint density at radius 2 is 1.95 bits per heavy atom. The Morgan fingerprint density at radius 3 is 2.55 bits per heavy atom. The summed E-state index contributed by atoms with van der Waals surface area (Å²) in [7, 11) is 1.86. The number of carbonyl (C=O) groups is 1. The van der Waals surface area contributed by atoms with Crippen molar-refractivity contribution in [3.05, 3.63) is 55.1 Å². The summed E-state index contributed by atoms with van der Waals surface area (Å²) in [5, 5.41) is 0. The minimum Gasteiger partial charge on any atom is -0.341 e. The molecule has 0 saturated heterocycles. The summed E-state index contributed by atoms with van der Waals surface area (Å²) in [6.45, 7) is 0.765. The van der Waals surface area contributed by atoms with Crippen LogP contribution in [0.3, 0.4) is 0 Å². The van der Waals surface area contributed by atoms with E-state index in [-0.39, 0.29) is 5.91 Å². The van der Waals surface area contributed by atoms with Crippen molar-refractivity contribution in [3.8, 4) is 0 Å². The van der Waals surface area contributed by atoms with Crippen LogP contribution in [0.4, 0.5) is 0 Å².